The molecule has 7 heteroatoms. The molecule has 1 aromatic carbocycles. The van der Waals surface area contributed by atoms with Crippen LogP contribution in [0.2, 0.25) is 0 Å². The first-order chi connectivity index (χ1) is 10.5. The molecule has 1 aliphatic heterocycles. The van der Waals surface area contributed by atoms with Gasteiger partial charge in [0.1, 0.15) is 0 Å². The summed E-state index contributed by atoms with van der Waals surface area (Å²) in [5.74, 6) is 0. The summed E-state index contributed by atoms with van der Waals surface area (Å²) in [6, 6.07) is 7.65. The number of aryl methyl sites for hydroxylation is 1. The maximum absolute atomic E-state index is 13.0. The Morgan fingerprint density at radius 3 is 2.86 bits per heavy atom. The van der Waals surface area contributed by atoms with Crippen molar-refractivity contribution in [3.05, 3.63) is 42.4 Å². The number of rotatable bonds is 3. The minimum Gasteiger partial charge on any atom is -0.336 e. The summed E-state index contributed by atoms with van der Waals surface area (Å²) in [6.07, 6.45) is 3.14. The molecule has 6 nitrogen and oxygen atoms in total. The van der Waals surface area contributed by atoms with E-state index in [9.17, 15) is 8.42 Å². The van der Waals surface area contributed by atoms with Gasteiger partial charge < -0.3 is 9.88 Å². The maximum Gasteiger partial charge on any atom is 0.283 e. The van der Waals surface area contributed by atoms with Crippen molar-refractivity contribution in [2.45, 2.75) is 38.0 Å². The second-order valence-corrected chi connectivity index (χ2v) is 7.30. The molecule has 0 saturated heterocycles. The van der Waals surface area contributed by atoms with Crippen molar-refractivity contribution in [2.75, 3.05) is 10.8 Å². The number of fused-ring (bicyclic) bond motifs is 1. The van der Waals surface area contributed by atoms with Gasteiger partial charge in [0.15, 0.2) is 5.03 Å². The van der Waals surface area contributed by atoms with Gasteiger partial charge in [0.25, 0.3) is 10.0 Å². The number of para-hydroxylation sites is 1. The first-order valence-electron chi connectivity index (χ1n) is 7.38. The smallest absolute Gasteiger partial charge is 0.283 e. The summed E-state index contributed by atoms with van der Waals surface area (Å²) < 4.78 is 29.2. The van der Waals surface area contributed by atoms with Crippen molar-refractivity contribution in [1.29, 1.82) is 0 Å². The van der Waals surface area contributed by atoms with Crippen molar-refractivity contribution in [1.82, 2.24) is 14.9 Å². The molecule has 1 N–H and O–H groups in total. The van der Waals surface area contributed by atoms with Crippen LogP contribution < -0.4 is 9.62 Å². The zero-order valence-electron chi connectivity index (χ0n) is 12.7. The molecule has 0 spiro atoms. The van der Waals surface area contributed by atoms with Crippen LogP contribution in [0.5, 0.6) is 0 Å². The molecule has 22 heavy (non-hydrogen) atoms. The van der Waals surface area contributed by atoms with Gasteiger partial charge in [-0.25, -0.2) is 4.98 Å². The van der Waals surface area contributed by atoms with Gasteiger partial charge in [-0.05, 0) is 25.5 Å². The van der Waals surface area contributed by atoms with E-state index in [1.807, 2.05) is 38.1 Å². The highest BCUT2D eigenvalue weighted by Crippen LogP contribution is 2.28. The highest BCUT2D eigenvalue weighted by atomic mass is 32.2. The van der Waals surface area contributed by atoms with Gasteiger partial charge in [-0.2, -0.15) is 8.42 Å². The largest absolute Gasteiger partial charge is 0.336 e. The van der Waals surface area contributed by atoms with Crippen molar-refractivity contribution in [2.24, 2.45) is 0 Å². The Kier molecular flexibility index (Phi) is 3.92. The van der Waals surface area contributed by atoms with Crippen LogP contribution in [0.15, 0.2) is 41.8 Å². The molecule has 0 fully saturated rings. The number of imidazole rings is 1. The van der Waals surface area contributed by atoms with E-state index in [2.05, 4.69) is 10.3 Å². The zero-order chi connectivity index (χ0) is 15.7. The maximum atomic E-state index is 13.0. The minimum atomic E-state index is -3.66. The number of aromatic nitrogens is 2. The molecule has 2 heterocycles. The fourth-order valence-electron chi connectivity index (χ4n) is 2.59. The van der Waals surface area contributed by atoms with Crippen molar-refractivity contribution in [3.8, 4) is 0 Å². The molecular weight excluding hydrogens is 300 g/mol. The molecule has 118 valence electrons. The topological polar surface area (TPSA) is 67.2 Å². The standard InChI is InChI=1S/C15H20N4O2S/c1-3-18-10-15(17-11-18)22(20,21)19-9-12(2)16-8-13-6-4-5-7-14(13)19/h4-7,10-12,16H,3,8-9H2,1-2H3. The summed E-state index contributed by atoms with van der Waals surface area (Å²) in [5, 5.41) is 3.43. The molecular formula is C15H20N4O2S. The molecule has 1 aliphatic rings. The predicted molar refractivity (Wildman–Crippen MR) is 85.2 cm³/mol. The SMILES string of the molecule is CCn1cnc(S(=O)(=O)N2CC(C)NCc3ccccc32)c1. The quantitative estimate of drug-likeness (QED) is 0.932. The van der Waals surface area contributed by atoms with Crippen LogP contribution in [0.3, 0.4) is 0 Å². The Morgan fingerprint density at radius 2 is 2.14 bits per heavy atom. The first-order valence-corrected chi connectivity index (χ1v) is 8.82. The van der Waals surface area contributed by atoms with E-state index in [4.69, 9.17) is 0 Å². The highest BCUT2D eigenvalue weighted by Gasteiger charge is 2.31. The Balaban J connectivity index is 2.08. The zero-order valence-corrected chi connectivity index (χ0v) is 13.5. The summed E-state index contributed by atoms with van der Waals surface area (Å²) in [7, 11) is -3.66. The Hall–Kier alpha value is -1.86. The van der Waals surface area contributed by atoms with E-state index in [0.29, 0.717) is 19.6 Å². The van der Waals surface area contributed by atoms with Gasteiger partial charge in [-0.3, -0.25) is 4.31 Å². The van der Waals surface area contributed by atoms with E-state index in [1.54, 1.807) is 17.1 Å². The van der Waals surface area contributed by atoms with Crippen LogP contribution in [-0.2, 0) is 23.1 Å². The summed E-state index contributed by atoms with van der Waals surface area (Å²) >= 11 is 0. The van der Waals surface area contributed by atoms with Crippen LogP contribution >= 0.6 is 0 Å². The van der Waals surface area contributed by atoms with Gasteiger partial charge in [0, 0.05) is 31.9 Å². The lowest BCUT2D eigenvalue weighted by Gasteiger charge is -2.24. The van der Waals surface area contributed by atoms with E-state index < -0.39 is 10.0 Å². The Morgan fingerprint density at radius 1 is 1.36 bits per heavy atom. The van der Waals surface area contributed by atoms with Gasteiger partial charge in [-0.1, -0.05) is 18.2 Å². The van der Waals surface area contributed by atoms with Gasteiger partial charge in [0.2, 0.25) is 0 Å². The van der Waals surface area contributed by atoms with Crippen LogP contribution in [-0.4, -0.2) is 30.6 Å². The molecule has 0 amide bonds. The highest BCUT2D eigenvalue weighted by molar-refractivity contribution is 7.92. The Labute approximate surface area is 130 Å². The van der Waals surface area contributed by atoms with Gasteiger partial charge >= 0.3 is 0 Å². The third kappa shape index (κ3) is 2.62. The van der Waals surface area contributed by atoms with E-state index in [0.717, 1.165) is 11.3 Å². The van der Waals surface area contributed by atoms with Crippen LogP contribution in [0.4, 0.5) is 5.69 Å². The van der Waals surface area contributed by atoms with E-state index >= 15 is 0 Å². The molecule has 2 aromatic rings. The third-order valence-corrected chi connectivity index (χ3v) is 5.54. The normalized spacial score (nSPS) is 18.8. The Bertz CT molecular complexity index is 769. The predicted octanol–water partition coefficient (Wildman–Crippen LogP) is 1.59. The molecule has 0 aliphatic carbocycles. The van der Waals surface area contributed by atoms with Crippen molar-refractivity contribution in [3.63, 3.8) is 0 Å². The lowest BCUT2D eigenvalue weighted by molar-refractivity contribution is 0.554. The average Bonchev–Trinajstić information content (AvgIpc) is 2.94. The minimum absolute atomic E-state index is 0.0652. The van der Waals surface area contributed by atoms with Crippen LogP contribution in [0.25, 0.3) is 0 Å². The van der Waals surface area contributed by atoms with Gasteiger partial charge in [0.05, 0.1) is 12.0 Å². The number of benzene rings is 1. The molecule has 1 atom stereocenters. The van der Waals surface area contributed by atoms with Crippen molar-refractivity contribution >= 4 is 15.7 Å². The number of sulfonamides is 1. The third-order valence-electron chi connectivity index (χ3n) is 3.87. The summed E-state index contributed by atoms with van der Waals surface area (Å²) in [5.41, 5.74) is 1.70. The monoisotopic (exact) mass is 320 g/mol. The first kappa shape index (κ1) is 15.1. The molecule has 0 radical (unpaired) electrons. The lowest BCUT2D eigenvalue weighted by atomic mass is 10.2. The molecule has 3 rings (SSSR count). The molecule has 0 bridgehead atoms. The second kappa shape index (κ2) is 5.73. The summed E-state index contributed by atoms with van der Waals surface area (Å²) in [4.78, 5) is 4.08. The van der Waals surface area contributed by atoms with Gasteiger partial charge in [-0.15, -0.1) is 0 Å². The fourth-order valence-corrected chi connectivity index (χ4v) is 4.12. The number of hydrogen-bond acceptors (Lipinski definition) is 4. The molecule has 0 saturated carbocycles. The number of anilines is 1. The number of hydrogen-bond donors (Lipinski definition) is 1. The molecule has 1 unspecified atom stereocenters. The fraction of sp³-hybridized carbons (Fsp3) is 0.400. The van der Waals surface area contributed by atoms with Crippen LogP contribution in [0.1, 0.15) is 19.4 Å². The average molecular weight is 320 g/mol. The number of nitrogens with zero attached hydrogens (tertiary/aromatic N) is 3. The molecule has 1 aromatic heterocycles. The summed E-state index contributed by atoms with van der Waals surface area (Å²) in [6.45, 7) is 5.67. The van der Waals surface area contributed by atoms with E-state index in [-0.39, 0.29) is 11.1 Å². The van der Waals surface area contributed by atoms with E-state index in [1.165, 1.54) is 4.31 Å². The number of nitrogens with one attached hydrogen (secondary N) is 1. The van der Waals surface area contributed by atoms with Crippen molar-refractivity contribution < 1.29 is 8.42 Å². The lowest BCUT2D eigenvalue weighted by Crippen LogP contribution is -2.39. The van der Waals surface area contributed by atoms with Crippen LogP contribution in [0, 0.1) is 0 Å². The second-order valence-electron chi connectivity index (χ2n) is 5.49.